The predicted octanol–water partition coefficient (Wildman–Crippen LogP) is 2.88. The molecular weight excluding hydrogens is 262 g/mol. The zero-order valence-corrected chi connectivity index (χ0v) is 10.6. The second-order valence-corrected chi connectivity index (χ2v) is 4.38. The van der Waals surface area contributed by atoms with Gasteiger partial charge in [0, 0.05) is 12.3 Å². The van der Waals surface area contributed by atoms with Gasteiger partial charge in [-0.25, -0.2) is 9.67 Å². The van der Waals surface area contributed by atoms with Crippen LogP contribution in [0.5, 0.6) is 0 Å². The van der Waals surface area contributed by atoms with Crippen molar-refractivity contribution >= 4 is 11.6 Å². The molecule has 0 radical (unpaired) electrons. The Morgan fingerprint density at radius 3 is 2.63 bits per heavy atom. The third-order valence-electron chi connectivity index (χ3n) is 2.79. The topological polar surface area (TPSA) is 50.7 Å². The highest BCUT2D eigenvalue weighted by Gasteiger charge is 2.09. The molecule has 0 unspecified atom stereocenters. The van der Waals surface area contributed by atoms with Crippen LogP contribution in [0.2, 0.25) is 5.15 Å². The first kappa shape index (κ1) is 11.7. The van der Waals surface area contributed by atoms with Crippen molar-refractivity contribution in [1.82, 2.24) is 14.8 Å². The van der Waals surface area contributed by atoms with Crippen molar-refractivity contribution in [2.45, 2.75) is 0 Å². The van der Waals surface area contributed by atoms with Crippen LogP contribution >= 0.6 is 11.6 Å². The third-order valence-corrected chi connectivity index (χ3v) is 3.08. The zero-order chi connectivity index (χ0) is 13.2. The zero-order valence-electron chi connectivity index (χ0n) is 9.88. The predicted molar refractivity (Wildman–Crippen MR) is 74.6 cm³/mol. The Hall–Kier alpha value is -2.33. The van der Waals surface area contributed by atoms with Crippen LogP contribution in [0.25, 0.3) is 16.9 Å². The molecule has 19 heavy (non-hydrogen) atoms. The molecule has 1 N–H and O–H groups in total. The Labute approximate surface area is 114 Å². The third kappa shape index (κ3) is 2.18. The smallest absolute Gasteiger partial charge is 0.271 e. The van der Waals surface area contributed by atoms with E-state index in [4.69, 9.17) is 11.6 Å². The van der Waals surface area contributed by atoms with Gasteiger partial charge in [-0.05, 0) is 17.7 Å². The van der Waals surface area contributed by atoms with Crippen molar-refractivity contribution < 1.29 is 0 Å². The number of aromatic nitrogens is 3. The van der Waals surface area contributed by atoms with Crippen LogP contribution in [0.3, 0.4) is 0 Å². The van der Waals surface area contributed by atoms with Crippen LogP contribution in [0.1, 0.15) is 0 Å². The SMILES string of the molecule is O=c1cc(-c2ccccc2)[nH]n1-c1cccnc1Cl. The summed E-state index contributed by atoms with van der Waals surface area (Å²) >= 11 is 6.00. The van der Waals surface area contributed by atoms with E-state index in [1.165, 1.54) is 4.68 Å². The summed E-state index contributed by atoms with van der Waals surface area (Å²) in [4.78, 5) is 16.0. The second kappa shape index (κ2) is 4.74. The first-order valence-corrected chi connectivity index (χ1v) is 6.12. The molecule has 0 spiro atoms. The lowest BCUT2D eigenvalue weighted by atomic mass is 10.2. The normalized spacial score (nSPS) is 10.6. The highest BCUT2D eigenvalue weighted by atomic mass is 35.5. The molecule has 0 aliphatic rings. The standard InChI is InChI=1S/C14H10ClN3O/c15-14-12(7-4-8-16-14)18-13(19)9-11(17-18)10-5-2-1-3-6-10/h1-9,17H. The van der Waals surface area contributed by atoms with E-state index < -0.39 is 0 Å². The summed E-state index contributed by atoms with van der Waals surface area (Å²) in [6, 6.07) is 14.6. The molecule has 3 rings (SSSR count). The quantitative estimate of drug-likeness (QED) is 0.729. The maximum Gasteiger partial charge on any atom is 0.271 e. The molecular formula is C14H10ClN3O. The van der Waals surface area contributed by atoms with Gasteiger partial charge in [0.25, 0.3) is 5.56 Å². The maximum absolute atomic E-state index is 12.0. The summed E-state index contributed by atoms with van der Waals surface area (Å²) in [6.07, 6.45) is 1.58. The van der Waals surface area contributed by atoms with Gasteiger partial charge in [-0.15, -0.1) is 0 Å². The molecule has 0 aliphatic carbocycles. The molecule has 3 aromatic rings. The van der Waals surface area contributed by atoms with Gasteiger partial charge in [0.15, 0.2) is 5.15 Å². The number of H-pyrrole nitrogens is 1. The lowest BCUT2D eigenvalue weighted by Gasteiger charge is -2.03. The number of rotatable bonds is 2. The Bertz CT molecular complexity index is 762. The molecule has 94 valence electrons. The van der Waals surface area contributed by atoms with Crippen molar-refractivity contribution in [1.29, 1.82) is 0 Å². The van der Waals surface area contributed by atoms with E-state index in [2.05, 4.69) is 10.1 Å². The summed E-state index contributed by atoms with van der Waals surface area (Å²) < 4.78 is 1.39. The molecule has 0 atom stereocenters. The fourth-order valence-electron chi connectivity index (χ4n) is 1.88. The first-order valence-electron chi connectivity index (χ1n) is 5.74. The number of pyridine rings is 1. The number of benzene rings is 1. The highest BCUT2D eigenvalue weighted by molar-refractivity contribution is 6.31. The number of hydrogen-bond acceptors (Lipinski definition) is 2. The molecule has 0 bridgehead atoms. The van der Waals surface area contributed by atoms with E-state index in [0.717, 1.165) is 11.3 Å². The molecule has 0 aliphatic heterocycles. The van der Waals surface area contributed by atoms with Crippen LogP contribution in [-0.2, 0) is 0 Å². The largest absolute Gasteiger partial charge is 0.290 e. The summed E-state index contributed by atoms with van der Waals surface area (Å²) in [5.41, 5.74) is 2.05. The monoisotopic (exact) mass is 271 g/mol. The van der Waals surface area contributed by atoms with E-state index in [9.17, 15) is 4.79 Å². The van der Waals surface area contributed by atoms with E-state index in [1.54, 1.807) is 24.4 Å². The summed E-state index contributed by atoms with van der Waals surface area (Å²) in [5, 5.41) is 3.32. The Morgan fingerprint density at radius 2 is 1.89 bits per heavy atom. The van der Waals surface area contributed by atoms with Gasteiger partial charge >= 0.3 is 0 Å². The molecule has 2 aromatic heterocycles. The van der Waals surface area contributed by atoms with Gasteiger partial charge in [-0.3, -0.25) is 9.89 Å². The molecule has 0 fully saturated rings. The maximum atomic E-state index is 12.0. The van der Waals surface area contributed by atoms with Crippen LogP contribution < -0.4 is 5.56 Å². The Morgan fingerprint density at radius 1 is 1.11 bits per heavy atom. The van der Waals surface area contributed by atoms with Crippen LogP contribution in [0.4, 0.5) is 0 Å². The fourth-order valence-corrected chi connectivity index (χ4v) is 2.09. The number of nitrogens with zero attached hydrogens (tertiary/aromatic N) is 2. The van der Waals surface area contributed by atoms with Crippen molar-refractivity contribution in [3.8, 4) is 16.9 Å². The Kier molecular flexibility index (Phi) is 2.93. The molecule has 2 heterocycles. The van der Waals surface area contributed by atoms with Crippen molar-refractivity contribution in [3.63, 3.8) is 0 Å². The van der Waals surface area contributed by atoms with Crippen molar-refractivity contribution in [2.24, 2.45) is 0 Å². The second-order valence-electron chi connectivity index (χ2n) is 4.02. The lowest BCUT2D eigenvalue weighted by Crippen LogP contribution is -2.14. The molecule has 0 saturated carbocycles. The van der Waals surface area contributed by atoms with Crippen LogP contribution in [0.15, 0.2) is 59.5 Å². The summed E-state index contributed by atoms with van der Waals surface area (Å²) in [7, 11) is 0. The van der Waals surface area contributed by atoms with Gasteiger partial charge in [-0.1, -0.05) is 41.9 Å². The van der Waals surface area contributed by atoms with E-state index in [0.29, 0.717) is 5.69 Å². The lowest BCUT2D eigenvalue weighted by molar-refractivity contribution is 0.847. The van der Waals surface area contributed by atoms with Gasteiger partial charge in [0.1, 0.15) is 5.69 Å². The van der Waals surface area contributed by atoms with E-state index in [1.807, 2.05) is 30.3 Å². The highest BCUT2D eigenvalue weighted by Crippen LogP contribution is 2.18. The van der Waals surface area contributed by atoms with E-state index >= 15 is 0 Å². The molecule has 1 aromatic carbocycles. The van der Waals surface area contributed by atoms with Crippen LogP contribution in [0, 0.1) is 0 Å². The number of halogens is 1. The number of nitrogens with one attached hydrogen (secondary N) is 1. The van der Waals surface area contributed by atoms with Crippen molar-refractivity contribution in [3.05, 3.63) is 70.2 Å². The van der Waals surface area contributed by atoms with Gasteiger partial charge in [0.2, 0.25) is 0 Å². The minimum atomic E-state index is -0.172. The van der Waals surface area contributed by atoms with Gasteiger partial charge < -0.3 is 0 Å². The van der Waals surface area contributed by atoms with E-state index in [-0.39, 0.29) is 10.7 Å². The minimum absolute atomic E-state index is 0.172. The molecule has 0 saturated heterocycles. The van der Waals surface area contributed by atoms with Crippen LogP contribution in [-0.4, -0.2) is 14.8 Å². The van der Waals surface area contributed by atoms with Gasteiger partial charge in [-0.2, -0.15) is 0 Å². The first-order chi connectivity index (χ1) is 9.25. The Balaban J connectivity index is 2.14. The minimum Gasteiger partial charge on any atom is -0.290 e. The molecule has 0 amide bonds. The number of hydrogen-bond donors (Lipinski definition) is 1. The number of aromatic amines is 1. The average Bonchev–Trinajstić information content (AvgIpc) is 2.82. The fraction of sp³-hybridized carbons (Fsp3) is 0. The average molecular weight is 272 g/mol. The molecule has 4 nitrogen and oxygen atoms in total. The molecule has 5 heteroatoms. The van der Waals surface area contributed by atoms with Crippen molar-refractivity contribution in [2.75, 3.05) is 0 Å². The van der Waals surface area contributed by atoms with Gasteiger partial charge in [0.05, 0.1) is 5.69 Å². The summed E-state index contributed by atoms with van der Waals surface area (Å²) in [5.74, 6) is 0. The summed E-state index contributed by atoms with van der Waals surface area (Å²) in [6.45, 7) is 0.